The van der Waals surface area contributed by atoms with Crippen LogP contribution in [0.2, 0.25) is 0 Å². The first-order valence-corrected chi connectivity index (χ1v) is 7.10. The largest absolute Gasteiger partial charge is 0.392 e. The van der Waals surface area contributed by atoms with Crippen LogP contribution in [0.3, 0.4) is 0 Å². The Hall–Kier alpha value is -0.0300. The van der Waals surface area contributed by atoms with Gasteiger partial charge < -0.3 is 9.84 Å². The van der Waals surface area contributed by atoms with Gasteiger partial charge in [-0.25, -0.2) is 0 Å². The smallest absolute Gasteiger partial charge is 0.0692 e. The van der Waals surface area contributed by atoms with Gasteiger partial charge in [0.25, 0.3) is 0 Å². The fraction of sp³-hybridized carbons (Fsp3) is 0.500. The molecule has 1 aliphatic heterocycles. The second kappa shape index (κ2) is 6.05. The van der Waals surface area contributed by atoms with Gasteiger partial charge in [0.05, 0.1) is 6.61 Å². The molecule has 1 fully saturated rings. The van der Waals surface area contributed by atoms with Gasteiger partial charge in [-0.3, -0.25) is 0 Å². The number of aliphatic hydroxyl groups is 1. The number of hydrogen-bond donors (Lipinski definition) is 1. The van der Waals surface area contributed by atoms with E-state index in [2.05, 4.69) is 22.0 Å². The number of rotatable bonds is 3. The molecule has 1 heterocycles. The minimum Gasteiger partial charge on any atom is -0.392 e. The molecule has 1 aromatic carbocycles. The van der Waals surface area contributed by atoms with Crippen molar-refractivity contribution in [2.24, 2.45) is 0 Å². The Morgan fingerprint density at radius 3 is 2.81 bits per heavy atom. The van der Waals surface area contributed by atoms with Crippen molar-refractivity contribution in [2.75, 3.05) is 13.2 Å². The molecule has 1 aromatic rings. The van der Waals surface area contributed by atoms with Crippen LogP contribution in [0.15, 0.2) is 27.6 Å². The monoisotopic (exact) mass is 302 g/mol. The van der Waals surface area contributed by atoms with Gasteiger partial charge in [-0.2, -0.15) is 0 Å². The van der Waals surface area contributed by atoms with Crippen LogP contribution in [-0.4, -0.2) is 23.6 Å². The molecule has 1 aliphatic rings. The molecule has 4 heteroatoms. The van der Waals surface area contributed by atoms with Crippen LogP contribution in [0.4, 0.5) is 0 Å². The van der Waals surface area contributed by atoms with Crippen molar-refractivity contribution in [1.29, 1.82) is 0 Å². The van der Waals surface area contributed by atoms with E-state index in [4.69, 9.17) is 4.74 Å². The summed E-state index contributed by atoms with van der Waals surface area (Å²) >= 11 is 5.33. The Morgan fingerprint density at radius 1 is 1.38 bits per heavy atom. The topological polar surface area (TPSA) is 29.5 Å². The average molecular weight is 303 g/mol. The summed E-state index contributed by atoms with van der Waals surface area (Å²) in [6.07, 6.45) is 2.20. The molecule has 0 aromatic heterocycles. The van der Waals surface area contributed by atoms with Crippen molar-refractivity contribution in [1.82, 2.24) is 0 Å². The number of hydrogen-bond acceptors (Lipinski definition) is 3. The number of aliphatic hydroxyl groups excluding tert-OH is 1. The molecular weight excluding hydrogens is 288 g/mol. The van der Waals surface area contributed by atoms with Gasteiger partial charge in [0.15, 0.2) is 0 Å². The molecule has 0 amide bonds. The second-order valence-corrected chi connectivity index (χ2v) is 6.10. The Bertz CT molecular complexity index is 351. The molecule has 1 N–H and O–H groups in total. The van der Waals surface area contributed by atoms with Crippen LogP contribution in [0.1, 0.15) is 18.4 Å². The first kappa shape index (κ1) is 12.4. The fourth-order valence-electron chi connectivity index (χ4n) is 1.74. The summed E-state index contributed by atoms with van der Waals surface area (Å²) in [6.45, 7) is 1.83. The van der Waals surface area contributed by atoms with Gasteiger partial charge in [-0.1, -0.05) is 22.0 Å². The molecule has 0 radical (unpaired) electrons. The average Bonchev–Trinajstić information content (AvgIpc) is 2.31. The maximum Gasteiger partial charge on any atom is 0.0692 e. The molecule has 0 unspecified atom stereocenters. The van der Waals surface area contributed by atoms with E-state index in [0.717, 1.165) is 36.1 Å². The summed E-state index contributed by atoms with van der Waals surface area (Å²) < 4.78 is 6.41. The molecule has 0 aliphatic carbocycles. The van der Waals surface area contributed by atoms with Gasteiger partial charge >= 0.3 is 0 Å². The molecule has 0 atom stereocenters. The number of benzene rings is 1. The fourth-order valence-corrected chi connectivity index (χ4v) is 3.52. The lowest BCUT2D eigenvalue weighted by Gasteiger charge is -2.22. The van der Waals surface area contributed by atoms with Crippen molar-refractivity contribution < 1.29 is 9.84 Å². The van der Waals surface area contributed by atoms with E-state index in [1.165, 1.54) is 4.90 Å². The van der Waals surface area contributed by atoms with E-state index < -0.39 is 0 Å². The van der Waals surface area contributed by atoms with Gasteiger partial charge in [0.2, 0.25) is 0 Å². The molecular formula is C12H15BrO2S. The van der Waals surface area contributed by atoms with Crippen molar-refractivity contribution in [3.8, 4) is 0 Å². The summed E-state index contributed by atoms with van der Waals surface area (Å²) in [4.78, 5) is 1.18. The summed E-state index contributed by atoms with van der Waals surface area (Å²) in [7, 11) is 0. The van der Waals surface area contributed by atoms with E-state index in [1.54, 1.807) is 0 Å². The lowest BCUT2D eigenvalue weighted by Crippen LogP contribution is -2.17. The Kier molecular flexibility index (Phi) is 4.70. The van der Waals surface area contributed by atoms with E-state index in [-0.39, 0.29) is 6.61 Å². The van der Waals surface area contributed by atoms with Crippen LogP contribution in [0.25, 0.3) is 0 Å². The van der Waals surface area contributed by atoms with Crippen LogP contribution in [0, 0.1) is 0 Å². The highest BCUT2D eigenvalue weighted by Crippen LogP contribution is 2.33. The van der Waals surface area contributed by atoms with Crippen LogP contribution < -0.4 is 0 Å². The minimum absolute atomic E-state index is 0.110. The van der Waals surface area contributed by atoms with Crippen molar-refractivity contribution in [2.45, 2.75) is 29.6 Å². The third-order valence-corrected chi connectivity index (χ3v) is 4.59. The maximum atomic E-state index is 9.29. The van der Waals surface area contributed by atoms with E-state index >= 15 is 0 Å². The van der Waals surface area contributed by atoms with E-state index in [9.17, 15) is 5.11 Å². The van der Waals surface area contributed by atoms with Gasteiger partial charge in [-0.15, -0.1) is 11.8 Å². The first-order chi connectivity index (χ1) is 7.79. The number of ether oxygens (including phenoxy) is 1. The zero-order valence-corrected chi connectivity index (χ0v) is 11.4. The summed E-state index contributed by atoms with van der Waals surface area (Å²) in [5, 5.41) is 9.90. The van der Waals surface area contributed by atoms with E-state index in [0.29, 0.717) is 5.25 Å². The minimum atomic E-state index is 0.110. The molecule has 0 spiro atoms. The molecule has 16 heavy (non-hydrogen) atoms. The molecule has 1 saturated heterocycles. The number of halogens is 1. The van der Waals surface area contributed by atoms with E-state index in [1.807, 2.05) is 23.9 Å². The van der Waals surface area contributed by atoms with Crippen LogP contribution in [0.5, 0.6) is 0 Å². The molecule has 88 valence electrons. The lowest BCUT2D eigenvalue weighted by atomic mass is 10.2. The highest BCUT2D eigenvalue weighted by atomic mass is 79.9. The van der Waals surface area contributed by atoms with Crippen LogP contribution in [-0.2, 0) is 11.3 Å². The predicted molar refractivity (Wildman–Crippen MR) is 69.8 cm³/mol. The van der Waals surface area contributed by atoms with Gasteiger partial charge in [0, 0.05) is 27.8 Å². The van der Waals surface area contributed by atoms with Crippen molar-refractivity contribution in [3.05, 3.63) is 28.2 Å². The second-order valence-electron chi connectivity index (χ2n) is 3.84. The quantitative estimate of drug-likeness (QED) is 0.930. The van der Waals surface area contributed by atoms with Gasteiger partial charge in [-0.05, 0) is 30.5 Å². The zero-order chi connectivity index (χ0) is 11.4. The number of thioether (sulfide) groups is 1. The summed E-state index contributed by atoms with van der Waals surface area (Å²) in [5.41, 5.74) is 1.01. The molecule has 2 rings (SSSR count). The third kappa shape index (κ3) is 3.23. The Balaban J connectivity index is 2.09. The normalized spacial score (nSPS) is 17.6. The zero-order valence-electron chi connectivity index (χ0n) is 8.99. The third-order valence-electron chi connectivity index (χ3n) is 2.66. The van der Waals surface area contributed by atoms with Crippen molar-refractivity contribution >= 4 is 27.7 Å². The maximum absolute atomic E-state index is 9.29. The van der Waals surface area contributed by atoms with Crippen LogP contribution >= 0.6 is 27.7 Å². The summed E-state index contributed by atoms with van der Waals surface area (Å²) in [6, 6.07) is 6.04. The molecule has 0 saturated carbocycles. The highest BCUT2D eigenvalue weighted by molar-refractivity contribution is 9.10. The first-order valence-electron chi connectivity index (χ1n) is 5.43. The molecule has 2 nitrogen and oxygen atoms in total. The summed E-state index contributed by atoms with van der Waals surface area (Å²) in [5.74, 6) is 0. The lowest BCUT2D eigenvalue weighted by molar-refractivity contribution is 0.1000. The standard InChI is InChI=1S/C12H15BrO2S/c13-10-2-1-9(8-14)12(7-10)16-11-3-5-15-6-4-11/h1-2,7,11,14H,3-6,8H2. The predicted octanol–water partition coefficient (Wildman–Crippen LogP) is 3.21. The SMILES string of the molecule is OCc1ccc(Br)cc1SC1CCOCC1. The van der Waals surface area contributed by atoms with Crippen molar-refractivity contribution in [3.63, 3.8) is 0 Å². The highest BCUT2D eigenvalue weighted by Gasteiger charge is 2.16. The molecule has 0 bridgehead atoms. The Morgan fingerprint density at radius 2 is 2.12 bits per heavy atom. The Labute approximate surface area is 109 Å². The van der Waals surface area contributed by atoms with Gasteiger partial charge in [0.1, 0.15) is 0 Å².